The Morgan fingerprint density at radius 3 is 1.03 bits per heavy atom. The fourth-order valence-corrected chi connectivity index (χ4v) is 8.09. The highest BCUT2D eigenvalue weighted by Gasteiger charge is 2.18. The van der Waals surface area contributed by atoms with Crippen LogP contribution in [0.1, 0.15) is 284 Å². The Hall–Kier alpha value is -1.39. The minimum Gasteiger partial charge on any atom is -0.394 e. The van der Waals surface area contributed by atoms with Gasteiger partial charge in [0.25, 0.3) is 0 Å². The van der Waals surface area contributed by atoms with Crippen LogP contribution in [-0.4, -0.2) is 34.9 Å². The molecule has 0 saturated carbocycles. The molecule has 0 aromatic rings. The van der Waals surface area contributed by atoms with Crippen LogP contribution < -0.4 is 5.32 Å². The molecule has 0 aliphatic rings. The number of carbonyl (C=O) groups is 1. The second kappa shape index (κ2) is 50.0. The third kappa shape index (κ3) is 45.7. The standard InChI is InChI=1S/C54H103NO3/c1-3-5-7-9-11-13-15-17-19-21-22-23-24-25-26-27-28-29-30-31-32-34-36-38-40-42-44-46-48-50-54(58)55-52(51-56)53(57)49-47-45-43-41-39-37-35-33-20-18-16-14-12-10-8-6-4-2/h15,17,21-22,47,49,52-53,56-57H,3-14,16,18-20,23-46,48,50-51H2,1-2H3,(H,55,58)/b17-15-,22-21-,49-47+. The number of hydrogen-bond donors (Lipinski definition) is 3. The predicted octanol–water partition coefficient (Wildman–Crippen LogP) is 16.9. The lowest BCUT2D eigenvalue weighted by molar-refractivity contribution is -0.123. The Balaban J connectivity index is 3.47. The van der Waals surface area contributed by atoms with Crippen LogP contribution in [0.25, 0.3) is 0 Å². The molecule has 0 spiro atoms. The maximum atomic E-state index is 12.4. The van der Waals surface area contributed by atoms with Crippen molar-refractivity contribution in [3.63, 3.8) is 0 Å². The summed E-state index contributed by atoms with van der Waals surface area (Å²) in [6.07, 6.45) is 67.1. The van der Waals surface area contributed by atoms with Crippen LogP contribution in [0.3, 0.4) is 0 Å². The van der Waals surface area contributed by atoms with Crippen molar-refractivity contribution in [1.82, 2.24) is 5.32 Å². The van der Waals surface area contributed by atoms with Gasteiger partial charge in [-0.2, -0.15) is 0 Å². The highest BCUT2D eigenvalue weighted by molar-refractivity contribution is 5.76. The number of allylic oxidation sites excluding steroid dienone is 5. The molecule has 0 aromatic heterocycles. The molecule has 0 saturated heterocycles. The van der Waals surface area contributed by atoms with E-state index in [0.29, 0.717) is 6.42 Å². The van der Waals surface area contributed by atoms with Gasteiger partial charge in [-0.15, -0.1) is 0 Å². The average Bonchev–Trinajstić information content (AvgIpc) is 3.23. The van der Waals surface area contributed by atoms with E-state index in [0.717, 1.165) is 32.1 Å². The maximum absolute atomic E-state index is 12.4. The summed E-state index contributed by atoms with van der Waals surface area (Å²) in [5.41, 5.74) is 0. The SMILES string of the molecule is CCCCCCC/C=C\C/C=C\CCCCCCCCCCCCCCCCCCCC(=O)NC(CO)C(O)/C=C/CCCCCCCCCCCCCCCCC. The first-order valence-corrected chi connectivity index (χ1v) is 26.2. The molecule has 2 unspecified atom stereocenters. The normalized spacial score (nSPS) is 13.1. The van der Waals surface area contributed by atoms with Gasteiger partial charge in [0.15, 0.2) is 0 Å². The summed E-state index contributed by atoms with van der Waals surface area (Å²) in [7, 11) is 0. The fraction of sp³-hybridized carbons (Fsp3) is 0.870. The lowest BCUT2D eigenvalue weighted by Crippen LogP contribution is -2.45. The van der Waals surface area contributed by atoms with Crippen molar-refractivity contribution >= 4 is 5.91 Å². The van der Waals surface area contributed by atoms with Crippen LogP contribution >= 0.6 is 0 Å². The third-order valence-electron chi connectivity index (χ3n) is 12.1. The van der Waals surface area contributed by atoms with Gasteiger partial charge in [-0.1, -0.05) is 262 Å². The summed E-state index contributed by atoms with van der Waals surface area (Å²) < 4.78 is 0. The number of hydrogen-bond acceptors (Lipinski definition) is 3. The molecule has 1 amide bonds. The summed E-state index contributed by atoms with van der Waals surface area (Å²) in [5, 5.41) is 23.1. The first-order chi connectivity index (χ1) is 28.7. The number of aliphatic hydroxyl groups is 2. The van der Waals surface area contributed by atoms with Crippen LogP contribution in [0.5, 0.6) is 0 Å². The number of unbranched alkanes of at least 4 members (excludes halogenated alkanes) is 37. The highest BCUT2D eigenvalue weighted by Crippen LogP contribution is 2.16. The molecule has 58 heavy (non-hydrogen) atoms. The van der Waals surface area contributed by atoms with Crippen molar-refractivity contribution in [2.24, 2.45) is 0 Å². The zero-order valence-corrected chi connectivity index (χ0v) is 39.3. The molecular weight excluding hydrogens is 711 g/mol. The predicted molar refractivity (Wildman–Crippen MR) is 258 cm³/mol. The van der Waals surface area contributed by atoms with Gasteiger partial charge in [-0.3, -0.25) is 4.79 Å². The quantitative estimate of drug-likeness (QED) is 0.0423. The summed E-state index contributed by atoms with van der Waals surface area (Å²) in [6, 6.07) is -0.620. The molecule has 2 atom stereocenters. The Morgan fingerprint density at radius 2 is 0.707 bits per heavy atom. The molecule has 342 valence electrons. The van der Waals surface area contributed by atoms with E-state index in [1.54, 1.807) is 6.08 Å². The van der Waals surface area contributed by atoms with Crippen molar-refractivity contribution in [3.05, 3.63) is 36.5 Å². The number of aliphatic hydroxyl groups excluding tert-OH is 2. The first kappa shape index (κ1) is 56.6. The van der Waals surface area contributed by atoms with Gasteiger partial charge in [-0.25, -0.2) is 0 Å². The zero-order valence-electron chi connectivity index (χ0n) is 39.3. The van der Waals surface area contributed by atoms with E-state index < -0.39 is 12.1 Å². The van der Waals surface area contributed by atoms with Gasteiger partial charge in [0.2, 0.25) is 5.91 Å². The highest BCUT2D eigenvalue weighted by atomic mass is 16.3. The molecule has 0 aromatic carbocycles. The third-order valence-corrected chi connectivity index (χ3v) is 12.1. The summed E-state index contributed by atoms with van der Waals surface area (Å²) >= 11 is 0. The molecule has 3 N–H and O–H groups in total. The Kier molecular flexibility index (Phi) is 48.8. The minimum absolute atomic E-state index is 0.0604. The van der Waals surface area contributed by atoms with Crippen molar-refractivity contribution in [1.29, 1.82) is 0 Å². The van der Waals surface area contributed by atoms with Gasteiger partial charge >= 0.3 is 0 Å². The molecular formula is C54H103NO3. The molecule has 0 rings (SSSR count). The average molecular weight is 814 g/mol. The Labute approximate surface area is 363 Å². The van der Waals surface area contributed by atoms with Gasteiger partial charge in [0.1, 0.15) is 0 Å². The smallest absolute Gasteiger partial charge is 0.220 e. The summed E-state index contributed by atoms with van der Waals surface area (Å²) in [6.45, 7) is 4.32. The molecule has 0 aliphatic heterocycles. The number of nitrogens with one attached hydrogen (secondary N) is 1. The second-order valence-corrected chi connectivity index (χ2v) is 17.9. The fourth-order valence-electron chi connectivity index (χ4n) is 8.09. The van der Waals surface area contributed by atoms with Gasteiger partial charge in [0, 0.05) is 6.42 Å². The number of carbonyl (C=O) groups excluding carboxylic acids is 1. The van der Waals surface area contributed by atoms with Gasteiger partial charge in [0.05, 0.1) is 18.8 Å². The van der Waals surface area contributed by atoms with Crippen molar-refractivity contribution in [2.75, 3.05) is 6.61 Å². The van der Waals surface area contributed by atoms with E-state index in [2.05, 4.69) is 43.5 Å². The lowest BCUT2D eigenvalue weighted by atomic mass is 10.0. The monoisotopic (exact) mass is 814 g/mol. The molecule has 0 bridgehead atoms. The van der Waals surface area contributed by atoms with Crippen LogP contribution in [0.4, 0.5) is 0 Å². The van der Waals surface area contributed by atoms with Crippen LogP contribution in [0.15, 0.2) is 36.5 Å². The van der Waals surface area contributed by atoms with Crippen LogP contribution in [0, 0.1) is 0 Å². The van der Waals surface area contributed by atoms with Crippen molar-refractivity contribution < 1.29 is 15.0 Å². The zero-order chi connectivity index (χ0) is 42.1. The second-order valence-electron chi connectivity index (χ2n) is 17.9. The number of rotatable bonds is 48. The van der Waals surface area contributed by atoms with Crippen molar-refractivity contribution in [2.45, 2.75) is 296 Å². The van der Waals surface area contributed by atoms with Gasteiger partial charge < -0.3 is 15.5 Å². The topological polar surface area (TPSA) is 69.6 Å². The first-order valence-electron chi connectivity index (χ1n) is 26.2. The molecule has 0 fully saturated rings. The van der Waals surface area contributed by atoms with Gasteiger partial charge in [-0.05, 0) is 51.4 Å². The molecule has 4 nitrogen and oxygen atoms in total. The van der Waals surface area contributed by atoms with Crippen LogP contribution in [-0.2, 0) is 4.79 Å². The van der Waals surface area contributed by atoms with E-state index >= 15 is 0 Å². The Morgan fingerprint density at radius 1 is 0.414 bits per heavy atom. The van der Waals surface area contributed by atoms with Crippen LogP contribution in [0.2, 0.25) is 0 Å². The molecule has 0 radical (unpaired) electrons. The molecule has 0 aliphatic carbocycles. The minimum atomic E-state index is -0.837. The van der Waals surface area contributed by atoms with Crippen molar-refractivity contribution in [3.8, 4) is 0 Å². The number of amides is 1. The molecule has 4 heteroatoms. The maximum Gasteiger partial charge on any atom is 0.220 e. The van der Waals surface area contributed by atoms with E-state index in [-0.39, 0.29) is 12.5 Å². The van der Waals surface area contributed by atoms with E-state index in [9.17, 15) is 15.0 Å². The molecule has 0 heterocycles. The lowest BCUT2D eigenvalue weighted by Gasteiger charge is -2.20. The summed E-state index contributed by atoms with van der Waals surface area (Å²) in [5.74, 6) is -0.0604. The largest absolute Gasteiger partial charge is 0.394 e. The van der Waals surface area contributed by atoms with E-state index in [1.165, 1.54) is 231 Å². The van der Waals surface area contributed by atoms with E-state index in [4.69, 9.17) is 0 Å². The van der Waals surface area contributed by atoms with E-state index in [1.807, 2.05) is 6.08 Å². The Bertz CT molecular complexity index is 882. The summed E-state index contributed by atoms with van der Waals surface area (Å²) in [4.78, 5) is 12.4.